The minimum atomic E-state index is -0.286. The average Bonchev–Trinajstić information content (AvgIpc) is 3.07. The van der Waals surface area contributed by atoms with Crippen LogP contribution in [-0.2, 0) is 11.2 Å². The van der Waals surface area contributed by atoms with Gasteiger partial charge >= 0.3 is 0 Å². The number of benzene rings is 2. The summed E-state index contributed by atoms with van der Waals surface area (Å²) >= 11 is 9.01. The highest BCUT2D eigenvalue weighted by atomic mass is 35.5. The number of carbonyl (C=O) groups excluding carboxylic acids is 1. The van der Waals surface area contributed by atoms with Gasteiger partial charge in [-0.05, 0) is 28.7 Å². The molecule has 4 nitrogen and oxygen atoms in total. The molecule has 2 aromatic carbocycles. The van der Waals surface area contributed by atoms with Crippen LogP contribution in [0.1, 0.15) is 42.3 Å². The number of nitrogens with one attached hydrogen (secondary N) is 1. The van der Waals surface area contributed by atoms with Crippen LogP contribution in [0.2, 0.25) is 5.02 Å². The Morgan fingerprint density at radius 3 is 2.48 bits per heavy atom. The molecule has 0 aliphatic carbocycles. The molecule has 1 heterocycles. The molecule has 1 N–H and O–H groups in total. The number of anilines is 1. The fourth-order valence-electron chi connectivity index (χ4n) is 2.37. The Bertz CT molecular complexity index is 933. The lowest BCUT2D eigenvalue weighted by atomic mass is 9.87. The molecule has 0 atom stereocenters. The predicted octanol–water partition coefficient (Wildman–Crippen LogP) is 6.03. The molecule has 7 heteroatoms. The molecule has 0 fully saturated rings. The second-order valence-corrected chi connectivity index (χ2v) is 9.65. The van der Waals surface area contributed by atoms with Gasteiger partial charge in [-0.3, -0.25) is 10.1 Å². The monoisotopic (exact) mass is 417 g/mol. The van der Waals surface area contributed by atoms with Crippen molar-refractivity contribution in [3.05, 3.63) is 70.2 Å². The van der Waals surface area contributed by atoms with Gasteiger partial charge in [0.1, 0.15) is 0 Å². The Hall–Kier alpha value is -1.89. The predicted molar refractivity (Wildman–Crippen MR) is 114 cm³/mol. The topological polar surface area (TPSA) is 54.9 Å². The summed E-state index contributed by atoms with van der Waals surface area (Å²) < 4.78 is 0.810. The third-order valence-corrected chi connectivity index (χ3v) is 6.30. The van der Waals surface area contributed by atoms with Crippen LogP contribution in [0.3, 0.4) is 0 Å². The van der Waals surface area contributed by atoms with Crippen LogP contribution in [-0.4, -0.2) is 16.1 Å². The zero-order valence-corrected chi connectivity index (χ0v) is 17.7. The summed E-state index contributed by atoms with van der Waals surface area (Å²) in [6, 6.07) is 15.6. The highest BCUT2D eigenvalue weighted by Gasteiger charge is 2.14. The number of nitrogens with zero attached hydrogens (tertiary/aromatic N) is 2. The van der Waals surface area contributed by atoms with E-state index in [1.54, 1.807) is 36.0 Å². The number of thioether (sulfide) groups is 1. The molecule has 3 rings (SSSR count). The van der Waals surface area contributed by atoms with E-state index in [9.17, 15) is 4.79 Å². The maximum Gasteiger partial charge on any atom is 0.259 e. The minimum Gasteiger partial charge on any atom is -0.296 e. The highest BCUT2D eigenvalue weighted by molar-refractivity contribution is 8.00. The van der Waals surface area contributed by atoms with Gasteiger partial charge in [-0.25, -0.2) is 0 Å². The van der Waals surface area contributed by atoms with Crippen molar-refractivity contribution in [1.29, 1.82) is 0 Å². The smallest absolute Gasteiger partial charge is 0.259 e. The van der Waals surface area contributed by atoms with Crippen molar-refractivity contribution in [2.24, 2.45) is 0 Å². The molecular weight excluding hydrogens is 398 g/mol. The standard InChI is InChI=1S/C20H20ClN3OS2/c1-20(2,3)14-10-8-13(9-11-14)12-26-19-24-23-18(27-19)22-17(25)15-6-4-5-7-16(15)21/h4-11H,12H2,1-3H3,(H,22,23,25). The van der Waals surface area contributed by atoms with Crippen molar-refractivity contribution in [2.75, 3.05) is 5.32 Å². The van der Waals surface area contributed by atoms with E-state index in [1.165, 1.54) is 22.5 Å². The number of rotatable bonds is 5. The zero-order valence-electron chi connectivity index (χ0n) is 15.3. The molecule has 0 unspecified atom stereocenters. The number of hydrogen-bond acceptors (Lipinski definition) is 5. The lowest BCUT2D eigenvalue weighted by Crippen LogP contribution is -2.12. The number of halogens is 1. The summed E-state index contributed by atoms with van der Waals surface area (Å²) in [5.41, 5.74) is 3.11. The van der Waals surface area contributed by atoms with Crippen LogP contribution in [0.15, 0.2) is 52.9 Å². The van der Waals surface area contributed by atoms with Gasteiger partial charge in [0, 0.05) is 5.75 Å². The van der Waals surface area contributed by atoms with Crippen molar-refractivity contribution in [3.63, 3.8) is 0 Å². The minimum absolute atomic E-state index is 0.152. The summed E-state index contributed by atoms with van der Waals surface area (Å²) in [6.07, 6.45) is 0. The van der Waals surface area contributed by atoms with E-state index in [-0.39, 0.29) is 11.3 Å². The Balaban J connectivity index is 1.58. The van der Waals surface area contributed by atoms with Crippen LogP contribution in [0, 0.1) is 0 Å². The van der Waals surface area contributed by atoms with Gasteiger partial charge in [-0.2, -0.15) is 0 Å². The van der Waals surface area contributed by atoms with E-state index in [0.717, 1.165) is 10.1 Å². The van der Waals surface area contributed by atoms with Gasteiger partial charge in [0.2, 0.25) is 5.13 Å². The van der Waals surface area contributed by atoms with Crippen molar-refractivity contribution < 1.29 is 4.79 Å². The van der Waals surface area contributed by atoms with Crippen LogP contribution >= 0.6 is 34.7 Å². The largest absolute Gasteiger partial charge is 0.296 e. The zero-order chi connectivity index (χ0) is 19.4. The molecule has 140 valence electrons. The van der Waals surface area contributed by atoms with E-state index < -0.39 is 0 Å². The third kappa shape index (κ3) is 5.31. The second kappa shape index (κ2) is 8.42. The van der Waals surface area contributed by atoms with E-state index in [4.69, 9.17) is 11.6 Å². The lowest BCUT2D eigenvalue weighted by molar-refractivity contribution is 0.102. The second-order valence-electron chi connectivity index (χ2n) is 7.04. The molecule has 1 aromatic heterocycles. The van der Waals surface area contributed by atoms with Crippen LogP contribution in [0.5, 0.6) is 0 Å². The SMILES string of the molecule is CC(C)(C)c1ccc(CSc2nnc(NC(=O)c3ccccc3Cl)s2)cc1. The molecule has 0 aliphatic heterocycles. The summed E-state index contributed by atoms with van der Waals surface area (Å²) in [4.78, 5) is 12.3. The first-order valence-corrected chi connectivity index (χ1v) is 10.6. The normalized spacial score (nSPS) is 11.4. The van der Waals surface area contributed by atoms with Gasteiger partial charge < -0.3 is 0 Å². The van der Waals surface area contributed by atoms with E-state index in [2.05, 4.69) is 60.6 Å². The summed E-state index contributed by atoms with van der Waals surface area (Å²) in [5, 5.41) is 11.8. The van der Waals surface area contributed by atoms with Crippen LogP contribution in [0.25, 0.3) is 0 Å². The lowest BCUT2D eigenvalue weighted by Gasteiger charge is -2.19. The average molecular weight is 418 g/mol. The summed E-state index contributed by atoms with van der Waals surface area (Å²) in [5.74, 6) is 0.517. The first-order chi connectivity index (χ1) is 12.8. The maximum absolute atomic E-state index is 12.3. The molecule has 0 aliphatic rings. The summed E-state index contributed by atoms with van der Waals surface area (Å²) in [7, 11) is 0. The fourth-order valence-corrected chi connectivity index (χ4v) is 4.30. The van der Waals surface area contributed by atoms with Crippen LogP contribution < -0.4 is 5.32 Å². The molecule has 27 heavy (non-hydrogen) atoms. The van der Waals surface area contributed by atoms with Crippen molar-refractivity contribution in [3.8, 4) is 0 Å². The maximum atomic E-state index is 12.3. The summed E-state index contributed by atoms with van der Waals surface area (Å²) in [6.45, 7) is 6.61. The van der Waals surface area contributed by atoms with Gasteiger partial charge in [0.05, 0.1) is 10.6 Å². The molecular formula is C20H20ClN3OS2. The first-order valence-electron chi connectivity index (χ1n) is 8.44. The van der Waals surface area contributed by atoms with Gasteiger partial charge in [0.25, 0.3) is 5.91 Å². The fraction of sp³-hybridized carbons (Fsp3) is 0.250. The van der Waals surface area contributed by atoms with E-state index in [1.807, 2.05) is 0 Å². The molecule has 0 saturated heterocycles. The Kier molecular flexibility index (Phi) is 6.19. The van der Waals surface area contributed by atoms with Gasteiger partial charge in [-0.1, -0.05) is 91.9 Å². The molecule has 0 bridgehead atoms. The third-order valence-electron chi connectivity index (χ3n) is 3.93. The Morgan fingerprint density at radius 2 is 1.81 bits per heavy atom. The van der Waals surface area contributed by atoms with Gasteiger partial charge in [0.15, 0.2) is 4.34 Å². The molecule has 0 saturated carbocycles. The first kappa shape index (κ1) is 19.9. The number of aromatic nitrogens is 2. The molecule has 3 aromatic rings. The van der Waals surface area contributed by atoms with E-state index >= 15 is 0 Å². The number of hydrogen-bond donors (Lipinski definition) is 1. The molecule has 1 amide bonds. The Morgan fingerprint density at radius 1 is 1.11 bits per heavy atom. The Labute approximate surface area is 172 Å². The highest BCUT2D eigenvalue weighted by Crippen LogP contribution is 2.30. The van der Waals surface area contributed by atoms with Crippen LogP contribution in [0.4, 0.5) is 5.13 Å². The quantitative estimate of drug-likeness (QED) is 0.406. The van der Waals surface area contributed by atoms with Crippen molar-refractivity contribution >= 4 is 45.7 Å². The number of carbonyl (C=O) groups is 1. The molecule has 0 spiro atoms. The molecule has 0 radical (unpaired) electrons. The van der Waals surface area contributed by atoms with Crippen molar-refractivity contribution in [1.82, 2.24) is 10.2 Å². The van der Waals surface area contributed by atoms with E-state index in [0.29, 0.717) is 15.7 Å². The van der Waals surface area contributed by atoms with Crippen molar-refractivity contribution in [2.45, 2.75) is 36.3 Å². The van der Waals surface area contributed by atoms with Gasteiger partial charge in [-0.15, -0.1) is 10.2 Å². The number of amides is 1.